The minimum atomic E-state index is -1.02. The molecule has 1 aliphatic heterocycles. The van der Waals surface area contributed by atoms with Crippen molar-refractivity contribution in [1.29, 1.82) is 0 Å². The van der Waals surface area contributed by atoms with Gasteiger partial charge in [-0.1, -0.05) is 6.07 Å². The lowest BCUT2D eigenvalue weighted by Crippen LogP contribution is -2.21. The lowest BCUT2D eigenvalue weighted by Gasteiger charge is -2.11. The van der Waals surface area contributed by atoms with Gasteiger partial charge in [-0.2, -0.15) is 10.1 Å². The van der Waals surface area contributed by atoms with Crippen molar-refractivity contribution in [3.63, 3.8) is 0 Å². The standard InChI is InChI=1S/C21H18N2O5/c1-28-18-11-12(2-9-17(18)24)10-16-19(13-3-4-13)22-23(20(16)25)15-7-5-14(6-8-15)21(26)27/h2,5-11,13,24H,3-4H2,1H3,(H,26,27)/b16-10-. The Morgan fingerprint density at radius 3 is 2.54 bits per heavy atom. The number of ether oxygens (including phenoxy) is 1. The summed E-state index contributed by atoms with van der Waals surface area (Å²) in [5, 5.41) is 24.6. The molecule has 28 heavy (non-hydrogen) atoms. The zero-order valence-electron chi connectivity index (χ0n) is 15.1. The van der Waals surface area contributed by atoms with Gasteiger partial charge in [-0.3, -0.25) is 4.79 Å². The van der Waals surface area contributed by atoms with Crippen molar-refractivity contribution in [2.75, 3.05) is 12.1 Å². The summed E-state index contributed by atoms with van der Waals surface area (Å²) in [4.78, 5) is 24.1. The van der Waals surface area contributed by atoms with Crippen LogP contribution in [0.2, 0.25) is 0 Å². The van der Waals surface area contributed by atoms with E-state index in [9.17, 15) is 14.7 Å². The molecule has 7 heteroatoms. The van der Waals surface area contributed by atoms with E-state index in [1.54, 1.807) is 30.3 Å². The number of hydrogen-bond donors (Lipinski definition) is 2. The highest BCUT2D eigenvalue weighted by molar-refractivity contribution is 6.33. The molecule has 1 aliphatic carbocycles. The molecule has 1 amide bonds. The van der Waals surface area contributed by atoms with E-state index in [2.05, 4.69) is 5.10 Å². The Labute approximate surface area is 161 Å². The molecule has 2 aromatic carbocycles. The molecule has 0 radical (unpaired) electrons. The summed E-state index contributed by atoms with van der Waals surface area (Å²) in [6.07, 6.45) is 3.70. The lowest BCUT2D eigenvalue weighted by atomic mass is 10.0. The number of carboxylic acids is 1. The summed E-state index contributed by atoms with van der Waals surface area (Å²) < 4.78 is 5.13. The van der Waals surface area contributed by atoms with Crippen molar-refractivity contribution in [3.05, 3.63) is 59.2 Å². The SMILES string of the molecule is COc1cc(/C=C2\C(=O)N(c3ccc(C(=O)O)cc3)N=C2C2CC2)ccc1O. The van der Waals surface area contributed by atoms with Gasteiger partial charge >= 0.3 is 5.97 Å². The molecule has 1 fully saturated rings. The molecule has 142 valence electrons. The Kier molecular flexibility index (Phi) is 4.35. The van der Waals surface area contributed by atoms with Crippen molar-refractivity contribution >= 4 is 29.4 Å². The fraction of sp³-hybridized carbons (Fsp3) is 0.190. The number of benzene rings is 2. The van der Waals surface area contributed by atoms with Gasteiger partial charge in [0, 0.05) is 5.92 Å². The molecule has 2 aliphatic rings. The van der Waals surface area contributed by atoms with E-state index in [0.717, 1.165) is 24.1 Å². The average Bonchev–Trinajstić information content (AvgIpc) is 3.49. The number of aromatic carboxylic acids is 1. The second kappa shape index (κ2) is 6.84. The number of hydrazone groups is 1. The van der Waals surface area contributed by atoms with Gasteiger partial charge in [-0.15, -0.1) is 0 Å². The molecular formula is C21H18N2O5. The molecule has 0 saturated heterocycles. The van der Waals surface area contributed by atoms with Crippen LogP contribution in [0.15, 0.2) is 53.1 Å². The monoisotopic (exact) mass is 378 g/mol. The maximum absolute atomic E-state index is 13.0. The highest BCUT2D eigenvalue weighted by Gasteiger charge is 2.39. The Balaban J connectivity index is 1.70. The molecule has 0 atom stereocenters. The molecule has 0 aromatic heterocycles. The van der Waals surface area contributed by atoms with Gasteiger partial charge in [-0.05, 0) is 60.9 Å². The van der Waals surface area contributed by atoms with E-state index < -0.39 is 5.97 Å². The first-order valence-electron chi connectivity index (χ1n) is 8.83. The average molecular weight is 378 g/mol. The summed E-state index contributed by atoms with van der Waals surface area (Å²) in [5.41, 5.74) is 2.61. The van der Waals surface area contributed by atoms with E-state index in [0.29, 0.717) is 17.0 Å². The normalized spacial score (nSPS) is 17.8. The van der Waals surface area contributed by atoms with E-state index in [-0.39, 0.29) is 23.1 Å². The van der Waals surface area contributed by atoms with E-state index in [4.69, 9.17) is 9.84 Å². The molecular weight excluding hydrogens is 360 g/mol. The van der Waals surface area contributed by atoms with Gasteiger partial charge < -0.3 is 14.9 Å². The summed E-state index contributed by atoms with van der Waals surface area (Å²) in [6, 6.07) is 10.9. The third-order valence-electron chi connectivity index (χ3n) is 4.74. The predicted octanol–water partition coefficient (Wildman–Crippen LogP) is 3.30. The number of carbonyl (C=O) groups excluding carboxylic acids is 1. The lowest BCUT2D eigenvalue weighted by molar-refractivity contribution is -0.114. The number of anilines is 1. The summed E-state index contributed by atoms with van der Waals surface area (Å²) in [7, 11) is 1.46. The number of carboxylic acid groups (broad SMARTS) is 1. The van der Waals surface area contributed by atoms with Crippen LogP contribution in [0.3, 0.4) is 0 Å². The number of aromatic hydroxyl groups is 1. The maximum atomic E-state index is 13.0. The number of rotatable bonds is 5. The van der Waals surface area contributed by atoms with Crippen LogP contribution in [0.1, 0.15) is 28.8 Å². The van der Waals surface area contributed by atoms with Gasteiger partial charge in [0.15, 0.2) is 11.5 Å². The Morgan fingerprint density at radius 1 is 1.21 bits per heavy atom. The van der Waals surface area contributed by atoms with Crippen LogP contribution in [0.4, 0.5) is 5.69 Å². The quantitative estimate of drug-likeness (QED) is 0.778. The van der Waals surface area contributed by atoms with Crippen molar-refractivity contribution in [2.24, 2.45) is 11.0 Å². The Morgan fingerprint density at radius 2 is 1.93 bits per heavy atom. The van der Waals surface area contributed by atoms with E-state index >= 15 is 0 Å². The van der Waals surface area contributed by atoms with Crippen LogP contribution in [0.25, 0.3) is 6.08 Å². The van der Waals surface area contributed by atoms with Crippen LogP contribution < -0.4 is 9.75 Å². The van der Waals surface area contributed by atoms with Crippen molar-refractivity contribution in [1.82, 2.24) is 0 Å². The summed E-state index contributed by atoms with van der Waals surface area (Å²) in [6.45, 7) is 0. The van der Waals surface area contributed by atoms with Crippen LogP contribution in [0, 0.1) is 5.92 Å². The fourth-order valence-electron chi connectivity index (χ4n) is 3.10. The first kappa shape index (κ1) is 17.8. The van der Waals surface area contributed by atoms with E-state index in [1.165, 1.54) is 30.3 Å². The molecule has 1 saturated carbocycles. The molecule has 7 nitrogen and oxygen atoms in total. The van der Waals surface area contributed by atoms with Crippen molar-refractivity contribution < 1.29 is 24.5 Å². The third-order valence-corrected chi connectivity index (χ3v) is 4.74. The number of methoxy groups -OCH3 is 1. The third kappa shape index (κ3) is 3.22. The summed E-state index contributed by atoms with van der Waals surface area (Å²) >= 11 is 0. The van der Waals surface area contributed by atoms with Crippen LogP contribution >= 0.6 is 0 Å². The van der Waals surface area contributed by atoms with Crippen LogP contribution in [-0.2, 0) is 4.79 Å². The number of phenolic OH excluding ortho intramolecular Hbond substituents is 1. The predicted molar refractivity (Wildman–Crippen MR) is 104 cm³/mol. The number of hydrogen-bond acceptors (Lipinski definition) is 5. The molecule has 0 spiro atoms. The van der Waals surface area contributed by atoms with Crippen molar-refractivity contribution in [3.8, 4) is 11.5 Å². The highest BCUT2D eigenvalue weighted by Crippen LogP contribution is 2.39. The maximum Gasteiger partial charge on any atom is 0.335 e. The zero-order chi connectivity index (χ0) is 19.8. The molecule has 0 unspecified atom stereocenters. The number of amides is 1. The summed E-state index contributed by atoms with van der Waals surface area (Å²) in [5.74, 6) is -0.692. The minimum Gasteiger partial charge on any atom is -0.504 e. The zero-order valence-corrected chi connectivity index (χ0v) is 15.1. The van der Waals surface area contributed by atoms with Gasteiger partial charge in [0.25, 0.3) is 5.91 Å². The van der Waals surface area contributed by atoms with Gasteiger partial charge in [0.2, 0.25) is 0 Å². The Bertz CT molecular complexity index is 1020. The second-order valence-electron chi connectivity index (χ2n) is 6.72. The highest BCUT2D eigenvalue weighted by atomic mass is 16.5. The smallest absolute Gasteiger partial charge is 0.335 e. The second-order valence-corrected chi connectivity index (χ2v) is 6.72. The topological polar surface area (TPSA) is 99.4 Å². The molecule has 0 bridgehead atoms. The van der Waals surface area contributed by atoms with Crippen LogP contribution in [0.5, 0.6) is 11.5 Å². The molecule has 4 rings (SSSR count). The number of nitrogens with zero attached hydrogens (tertiary/aromatic N) is 2. The molecule has 1 heterocycles. The Hall–Kier alpha value is -3.61. The molecule has 2 aromatic rings. The fourth-order valence-corrected chi connectivity index (χ4v) is 3.10. The van der Waals surface area contributed by atoms with Gasteiger partial charge in [-0.25, -0.2) is 4.79 Å². The van der Waals surface area contributed by atoms with Gasteiger partial charge in [0.1, 0.15) is 0 Å². The van der Waals surface area contributed by atoms with Gasteiger partial charge in [0.05, 0.1) is 29.6 Å². The number of carbonyl (C=O) groups is 2. The molecule has 2 N–H and O–H groups in total. The van der Waals surface area contributed by atoms with E-state index in [1.807, 2.05) is 0 Å². The largest absolute Gasteiger partial charge is 0.504 e. The number of phenols is 1. The first-order chi connectivity index (χ1) is 13.5. The van der Waals surface area contributed by atoms with Crippen LogP contribution in [-0.4, -0.2) is 34.9 Å². The first-order valence-corrected chi connectivity index (χ1v) is 8.83. The minimum absolute atomic E-state index is 0.0265. The van der Waals surface area contributed by atoms with Crippen molar-refractivity contribution in [2.45, 2.75) is 12.8 Å².